The number of ether oxygens (including phenoxy) is 3. The second-order valence-corrected chi connectivity index (χ2v) is 10.2. The van der Waals surface area contributed by atoms with Crippen LogP contribution >= 0.6 is 11.3 Å². The van der Waals surface area contributed by atoms with Gasteiger partial charge in [0.05, 0.1) is 38.9 Å². The van der Waals surface area contributed by atoms with Crippen molar-refractivity contribution in [1.29, 1.82) is 0 Å². The molecule has 3 aromatic rings. The first-order chi connectivity index (χ1) is 18.2. The average Bonchev–Trinajstić information content (AvgIpc) is 3.58. The zero-order valence-electron chi connectivity index (χ0n) is 21.7. The monoisotopic (exact) mass is 517 g/mol. The average molecular weight is 518 g/mol. The minimum Gasteiger partial charge on any atom is -0.501 e. The van der Waals surface area contributed by atoms with Crippen molar-refractivity contribution < 1.29 is 14.2 Å². The van der Waals surface area contributed by atoms with Gasteiger partial charge in [0.15, 0.2) is 5.13 Å². The molecule has 0 saturated heterocycles. The number of anilines is 2. The molecule has 0 radical (unpaired) electrons. The Morgan fingerprint density at radius 3 is 2.84 bits per heavy atom. The summed E-state index contributed by atoms with van der Waals surface area (Å²) >= 11 is 1.67. The van der Waals surface area contributed by atoms with E-state index < -0.39 is 0 Å². The zero-order valence-corrected chi connectivity index (χ0v) is 22.5. The van der Waals surface area contributed by atoms with Crippen LogP contribution in [0.4, 0.5) is 10.8 Å². The van der Waals surface area contributed by atoms with E-state index in [0.717, 1.165) is 67.8 Å². The maximum atomic E-state index is 6.05. The van der Waals surface area contributed by atoms with Gasteiger partial charge in [-0.3, -0.25) is 0 Å². The van der Waals surface area contributed by atoms with E-state index in [0.29, 0.717) is 13.2 Å². The SMILES string of the molecule is COC1=CC(CN(Cc2cccc(OC)c2)c2nc(COCCN3CCc4ccccc43)cs2)=CCC1. The summed E-state index contributed by atoms with van der Waals surface area (Å²) in [7, 11) is 3.45. The maximum Gasteiger partial charge on any atom is 0.186 e. The van der Waals surface area contributed by atoms with Crippen molar-refractivity contribution in [3.63, 3.8) is 0 Å². The second-order valence-electron chi connectivity index (χ2n) is 9.38. The van der Waals surface area contributed by atoms with E-state index in [1.807, 2.05) is 12.1 Å². The van der Waals surface area contributed by atoms with Crippen molar-refractivity contribution in [3.05, 3.63) is 94.2 Å². The standard InChI is InChI=1S/C30H35N3O3S/c1-34-27-10-5-7-23(17-27)19-33(20-24-8-6-11-28(18-24)35-2)30-31-26(22-37-30)21-36-16-15-32-14-13-25-9-3-4-12-29(25)32/h3-5,7-10,12,17-18,22H,6,11,13-16,19-21H2,1-2H3. The van der Waals surface area contributed by atoms with Crippen molar-refractivity contribution in [2.75, 3.05) is 50.3 Å². The summed E-state index contributed by atoms with van der Waals surface area (Å²) in [6, 6.07) is 16.9. The molecule has 2 heterocycles. The van der Waals surface area contributed by atoms with Crippen LogP contribution in [0.3, 0.4) is 0 Å². The van der Waals surface area contributed by atoms with E-state index in [1.165, 1.54) is 22.4 Å². The molecule has 0 N–H and O–H groups in total. The topological polar surface area (TPSA) is 47.1 Å². The molecule has 0 amide bonds. The number of benzene rings is 2. The lowest BCUT2D eigenvalue weighted by atomic mass is 10.0. The highest BCUT2D eigenvalue weighted by atomic mass is 32.1. The van der Waals surface area contributed by atoms with Gasteiger partial charge in [0.2, 0.25) is 0 Å². The Labute approximate surface area is 223 Å². The molecule has 1 aliphatic carbocycles. The van der Waals surface area contributed by atoms with Gasteiger partial charge in [0.1, 0.15) is 5.75 Å². The van der Waals surface area contributed by atoms with Crippen LogP contribution in [0.25, 0.3) is 0 Å². The maximum absolute atomic E-state index is 6.05. The molecule has 0 atom stereocenters. The van der Waals surface area contributed by atoms with E-state index in [-0.39, 0.29) is 0 Å². The molecule has 0 unspecified atom stereocenters. The number of para-hydroxylation sites is 1. The minimum absolute atomic E-state index is 0.523. The third-order valence-electron chi connectivity index (χ3n) is 6.84. The Kier molecular flexibility index (Phi) is 8.43. The Morgan fingerprint density at radius 2 is 1.95 bits per heavy atom. The fourth-order valence-electron chi connectivity index (χ4n) is 4.91. The molecule has 6 nitrogen and oxygen atoms in total. The summed E-state index contributed by atoms with van der Waals surface area (Å²) in [5, 5.41) is 3.11. The lowest BCUT2D eigenvalue weighted by Crippen LogP contribution is -2.25. The molecule has 1 aromatic heterocycles. The van der Waals surface area contributed by atoms with Crippen LogP contribution < -0.4 is 14.5 Å². The van der Waals surface area contributed by atoms with Crippen LogP contribution in [0.5, 0.6) is 5.75 Å². The van der Waals surface area contributed by atoms with Crippen molar-refractivity contribution >= 4 is 22.2 Å². The van der Waals surface area contributed by atoms with Crippen molar-refractivity contribution in [3.8, 4) is 5.75 Å². The van der Waals surface area contributed by atoms with Gasteiger partial charge >= 0.3 is 0 Å². The van der Waals surface area contributed by atoms with Gasteiger partial charge in [0, 0.05) is 43.7 Å². The van der Waals surface area contributed by atoms with Crippen molar-refractivity contribution in [2.45, 2.75) is 32.4 Å². The first-order valence-corrected chi connectivity index (χ1v) is 13.8. The number of hydrogen-bond acceptors (Lipinski definition) is 7. The van der Waals surface area contributed by atoms with Crippen LogP contribution in [-0.2, 0) is 29.0 Å². The number of rotatable bonds is 12. The van der Waals surface area contributed by atoms with E-state index in [9.17, 15) is 0 Å². The number of nitrogens with zero attached hydrogens (tertiary/aromatic N) is 3. The lowest BCUT2D eigenvalue weighted by Gasteiger charge is -2.24. The summed E-state index contributed by atoms with van der Waals surface area (Å²) in [6.07, 6.45) is 7.54. The van der Waals surface area contributed by atoms with Gasteiger partial charge in [-0.05, 0) is 53.8 Å². The largest absolute Gasteiger partial charge is 0.501 e. The number of hydrogen-bond donors (Lipinski definition) is 0. The predicted molar refractivity (Wildman–Crippen MR) is 151 cm³/mol. The molecule has 2 aromatic carbocycles. The van der Waals surface area contributed by atoms with Crippen LogP contribution in [0.15, 0.2) is 77.4 Å². The number of allylic oxidation sites excluding steroid dienone is 2. The summed E-state index contributed by atoms with van der Waals surface area (Å²) in [4.78, 5) is 9.69. The molecule has 0 fully saturated rings. The molecule has 0 bridgehead atoms. The molecule has 1 aliphatic heterocycles. The highest BCUT2D eigenvalue weighted by Crippen LogP contribution is 2.28. The Balaban J connectivity index is 1.22. The fraction of sp³-hybridized carbons (Fsp3) is 0.367. The van der Waals surface area contributed by atoms with Crippen LogP contribution in [0.1, 0.15) is 29.7 Å². The molecular weight excluding hydrogens is 482 g/mol. The van der Waals surface area contributed by atoms with E-state index in [1.54, 1.807) is 25.6 Å². The van der Waals surface area contributed by atoms with Crippen LogP contribution in [0.2, 0.25) is 0 Å². The summed E-state index contributed by atoms with van der Waals surface area (Å²) in [5.74, 6) is 1.90. The molecule has 0 spiro atoms. The van der Waals surface area contributed by atoms with Gasteiger partial charge in [0.25, 0.3) is 0 Å². The van der Waals surface area contributed by atoms with E-state index in [2.05, 4.69) is 63.7 Å². The quantitative estimate of drug-likeness (QED) is 0.275. The smallest absolute Gasteiger partial charge is 0.186 e. The molecule has 0 saturated carbocycles. The Morgan fingerprint density at radius 1 is 1.03 bits per heavy atom. The molecule has 194 valence electrons. The molecule has 37 heavy (non-hydrogen) atoms. The zero-order chi connectivity index (χ0) is 25.5. The summed E-state index contributed by atoms with van der Waals surface area (Å²) in [6.45, 7) is 4.69. The van der Waals surface area contributed by atoms with Gasteiger partial charge < -0.3 is 24.0 Å². The predicted octanol–water partition coefficient (Wildman–Crippen LogP) is 5.99. The third kappa shape index (κ3) is 6.53. The third-order valence-corrected chi connectivity index (χ3v) is 7.79. The Hall–Kier alpha value is -3.29. The number of thiazole rings is 1. The molecule has 2 aliphatic rings. The summed E-state index contributed by atoms with van der Waals surface area (Å²) < 4.78 is 17.0. The minimum atomic E-state index is 0.523. The van der Waals surface area contributed by atoms with Crippen LogP contribution in [0, 0.1) is 0 Å². The Bertz CT molecular complexity index is 1250. The highest BCUT2D eigenvalue weighted by molar-refractivity contribution is 7.13. The lowest BCUT2D eigenvalue weighted by molar-refractivity contribution is 0.125. The summed E-state index contributed by atoms with van der Waals surface area (Å²) in [5.41, 5.74) is 6.19. The van der Waals surface area contributed by atoms with Crippen molar-refractivity contribution in [1.82, 2.24) is 4.98 Å². The van der Waals surface area contributed by atoms with Crippen LogP contribution in [-0.4, -0.2) is 45.4 Å². The normalized spacial score (nSPS) is 14.7. The van der Waals surface area contributed by atoms with Gasteiger partial charge in [-0.1, -0.05) is 36.4 Å². The van der Waals surface area contributed by atoms with E-state index >= 15 is 0 Å². The molecule has 5 rings (SSSR count). The van der Waals surface area contributed by atoms with Gasteiger partial charge in [-0.15, -0.1) is 11.3 Å². The van der Waals surface area contributed by atoms with Crippen molar-refractivity contribution in [2.24, 2.45) is 0 Å². The fourth-order valence-corrected chi connectivity index (χ4v) is 5.72. The van der Waals surface area contributed by atoms with Gasteiger partial charge in [-0.25, -0.2) is 4.98 Å². The van der Waals surface area contributed by atoms with E-state index in [4.69, 9.17) is 19.2 Å². The first kappa shape index (κ1) is 25.4. The highest BCUT2D eigenvalue weighted by Gasteiger charge is 2.18. The molecule has 7 heteroatoms. The van der Waals surface area contributed by atoms with Gasteiger partial charge in [-0.2, -0.15) is 0 Å². The second kappa shape index (κ2) is 12.3. The molecular formula is C30H35N3O3S. The number of aromatic nitrogens is 1. The number of methoxy groups -OCH3 is 2. The number of fused-ring (bicyclic) bond motifs is 1. The first-order valence-electron chi connectivity index (χ1n) is 12.9.